The number of hydrogen-bond acceptors (Lipinski definition) is 4. The molecule has 1 aliphatic carbocycles. The summed E-state index contributed by atoms with van der Waals surface area (Å²) in [6.07, 6.45) is 5.01. The average molecular weight is 265 g/mol. The first-order valence-electron chi connectivity index (χ1n) is 6.02. The van der Waals surface area contributed by atoms with E-state index in [0.717, 1.165) is 25.1 Å². The predicted molar refractivity (Wildman–Crippen MR) is 76.4 cm³/mol. The molecule has 0 aliphatic heterocycles. The lowest BCUT2D eigenvalue weighted by Crippen LogP contribution is -2.23. The topological polar surface area (TPSA) is 70.6 Å². The number of oxime groups is 1. The monoisotopic (exact) mass is 265 g/mol. The highest BCUT2D eigenvalue weighted by Crippen LogP contribution is 2.48. The largest absolute Gasteiger partial charge is 0.409 e. The third-order valence-electron chi connectivity index (χ3n) is 3.38. The molecular weight excluding hydrogens is 246 g/mol. The van der Waals surface area contributed by atoms with Gasteiger partial charge in [0, 0.05) is 23.5 Å². The van der Waals surface area contributed by atoms with Gasteiger partial charge in [-0.3, -0.25) is 0 Å². The first kappa shape index (κ1) is 13.1. The number of thioether (sulfide) groups is 1. The summed E-state index contributed by atoms with van der Waals surface area (Å²) in [6, 6.07) is 8.36. The van der Waals surface area contributed by atoms with Crippen LogP contribution >= 0.6 is 11.8 Å². The molecule has 0 radical (unpaired) electrons. The molecular formula is C13H19N3OS. The molecule has 1 aromatic rings. The quantitative estimate of drug-likeness (QED) is 0.243. The van der Waals surface area contributed by atoms with Crippen molar-refractivity contribution in [3.63, 3.8) is 0 Å². The van der Waals surface area contributed by atoms with Crippen molar-refractivity contribution < 1.29 is 5.21 Å². The molecule has 0 bridgehead atoms. The molecule has 0 unspecified atom stereocenters. The van der Waals surface area contributed by atoms with Crippen LogP contribution in [0.1, 0.15) is 19.3 Å². The Hall–Kier alpha value is -1.36. The lowest BCUT2D eigenvalue weighted by atomic mass is 10.0. The number of rotatable bonds is 6. The Labute approximate surface area is 112 Å². The molecule has 1 aromatic carbocycles. The number of nitrogens with two attached hydrogens (primary N) is 1. The Kier molecular flexibility index (Phi) is 4.01. The molecule has 0 heterocycles. The number of nitrogens with one attached hydrogen (secondary N) is 1. The smallest absolute Gasteiger partial charge is 0.139 e. The molecule has 98 valence electrons. The molecule has 2 rings (SSSR count). The summed E-state index contributed by atoms with van der Waals surface area (Å²) < 4.78 is 0. The minimum atomic E-state index is 0.186. The van der Waals surface area contributed by atoms with Crippen LogP contribution in [0.3, 0.4) is 0 Å². The Morgan fingerprint density at radius 2 is 2.33 bits per heavy atom. The fourth-order valence-electron chi connectivity index (χ4n) is 2.03. The van der Waals surface area contributed by atoms with Crippen molar-refractivity contribution in [3.05, 3.63) is 24.3 Å². The van der Waals surface area contributed by atoms with Crippen molar-refractivity contribution in [1.82, 2.24) is 0 Å². The Morgan fingerprint density at radius 3 is 2.94 bits per heavy atom. The normalized spacial score (nSPS) is 17.5. The summed E-state index contributed by atoms with van der Waals surface area (Å²) in [7, 11) is 0. The maximum absolute atomic E-state index is 8.62. The molecule has 4 N–H and O–H groups in total. The Bertz CT molecular complexity index is 444. The number of anilines is 1. The minimum Gasteiger partial charge on any atom is -0.409 e. The molecule has 18 heavy (non-hydrogen) atoms. The molecule has 1 fully saturated rings. The lowest BCUT2D eigenvalue weighted by Gasteiger charge is -2.16. The second kappa shape index (κ2) is 5.52. The van der Waals surface area contributed by atoms with Crippen LogP contribution in [0.25, 0.3) is 0 Å². The van der Waals surface area contributed by atoms with Gasteiger partial charge in [-0.15, -0.1) is 11.8 Å². The molecule has 0 spiro atoms. The van der Waals surface area contributed by atoms with Crippen molar-refractivity contribution >= 4 is 23.3 Å². The van der Waals surface area contributed by atoms with Crippen LogP contribution in [0.15, 0.2) is 34.3 Å². The summed E-state index contributed by atoms with van der Waals surface area (Å²) in [6.45, 7) is 0.876. The van der Waals surface area contributed by atoms with E-state index < -0.39 is 0 Å². The van der Waals surface area contributed by atoms with E-state index in [1.807, 2.05) is 0 Å². The zero-order valence-electron chi connectivity index (χ0n) is 10.5. The van der Waals surface area contributed by atoms with Crippen LogP contribution in [0.5, 0.6) is 0 Å². The molecule has 5 heteroatoms. The highest BCUT2D eigenvalue weighted by atomic mass is 32.2. The van der Waals surface area contributed by atoms with Gasteiger partial charge in [-0.2, -0.15) is 0 Å². The van der Waals surface area contributed by atoms with Gasteiger partial charge >= 0.3 is 0 Å². The maximum atomic E-state index is 8.62. The predicted octanol–water partition coefficient (Wildman–Crippen LogP) is 2.74. The van der Waals surface area contributed by atoms with E-state index >= 15 is 0 Å². The van der Waals surface area contributed by atoms with Crippen LogP contribution in [0, 0.1) is 5.41 Å². The SMILES string of the molecule is CSc1cccc(NCC2(CC(N)=NO)CC2)c1. The second-order valence-electron chi connectivity index (χ2n) is 4.85. The number of hydrogen-bond donors (Lipinski definition) is 3. The van der Waals surface area contributed by atoms with Crippen LogP contribution in [0.2, 0.25) is 0 Å². The van der Waals surface area contributed by atoms with E-state index in [4.69, 9.17) is 10.9 Å². The fraction of sp³-hybridized carbons (Fsp3) is 0.462. The van der Waals surface area contributed by atoms with E-state index in [1.54, 1.807) is 11.8 Å². The van der Waals surface area contributed by atoms with E-state index in [0.29, 0.717) is 12.3 Å². The standard InChI is InChI=1S/C13H19N3OS/c1-18-11-4-2-3-10(7-11)15-9-13(5-6-13)8-12(14)16-17/h2-4,7,15,17H,5-6,8-9H2,1H3,(H2,14,16). The third kappa shape index (κ3) is 3.32. The number of nitrogens with zero attached hydrogens (tertiary/aromatic N) is 1. The summed E-state index contributed by atoms with van der Waals surface area (Å²) >= 11 is 1.73. The molecule has 1 saturated carbocycles. The molecule has 4 nitrogen and oxygen atoms in total. The second-order valence-corrected chi connectivity index (χ2v) is 5.73. The van der Waals surface area contributed by atoms with Gasteiger partial charge in [0.2, 0.25) is 0 Å². The first-order chi connectivity index (χ1) is 8.67. The zero-order valence-corrected chi connectivity index (χ0v) is 11.3. The summed E-state index contributed by atoms with van der Waals surface area (Å²) in [4.78, 5) is 1.25. The van der Waals surface area contributed by atoms with Gasteiger partial charge in [-0.1, -0.05) is 11.2 Å². The molecule has 0 amide bonds. The summed E-state index contributed by atoms with van der Waals surface area (Å²) in [5.41, 5.74) is 6.90. The number of benzene rings is 1. The van der Waals surface area contributed by atoms with Crippen molar-refractivity contribution in [2.45, 2.75) is 24.2 Å². The average Bonchev–Trinajstić information content (AvgIpc) is 3.17. The van der Waals surface area contributed by atoms with Crippen LogP contribution in [-0.4, -0.2) is 23.8 Å². The van der Waals surface area contributed by atoms with E-state index in [-0.39, 0.29) is 5.41 Å². The van der Waals surface area contributed by atoms with Gasteiger partial charge in [0.15, 0.2) is 0 Å². The van der Waals surface area contributed by atoms with Crippen LogP contribution in [-0.2, 0) is 0 Å². The van der Waals surface area contributed by atoms with Crippen LogP contribution < -0.4 is 11.1 Å². The first-order valence-corrected chi connectivity index (χ1v) is 7.24. The summed E-state index contributed by atoms with van der Waals surface area (Å²) in [5.74, 6) is 0.326. The van der Waals surface area contributed by atoms with Crippen molar-refractivity contribution in [2.75, 3.05) is 18.1 Å². The van der Waals surface area contributed by atoms with E-state index in [2.05, 4.69) is 41.0 Å². The van der Waals surface area contributed by atoms with Gasteiger partial charge in [0.05, 0.1) is 0 Å². The van der Waals surface area contributed by atoms with E-state index in [1.165, 1.54) is 4.90 Å². The zero-order chi connectivity index (χ0) is 13.0. The van der Waals surface area contributed by atoms with Gasteiger partial charge in [-0.25, -0.2) is 0 Å². The summed E-state index contributed by atoms with van der Waals surface area (Å²) in [5, 5.41) is 15.1. The highest BCUT2D eigenvalue weighted by Gasteiger charge is 2.43. The van der Waals surface area contributed by atoms with Gasteiger partial charge in [0.25, 0.3) is 0 Å². The highest BCUT2D eigenvalue weighted by molar-refractivity contribution is 7.98. The van der Waals surface area contributed by atoms with Crippen molar-refractivity contribution in [3.8, 4) is 0 Å². The molecule has 1 aliphatic rings. The van der Waals surface area contributed by atoms with Crippen molar-refractivity contribution in [1.29, 1.82) is 0 Å². The third-order valence-corrected chi connectivity index (χ3v) is 4.10. The van der Waals surface area contributed by atoms with Gasteiger partial charge in [-0.05, 0) is 42.7 Å². The lowest BCUT2D eigenvalue weighted by molar-refractivity contribution is 0.315. The molecule has 0 atom stereocenters. The van der Waals surface area contributed by atoms with Crippen LogP contribution in [0.4, 0.5) is 5.69 Å². The Balaban J connectivity index is 1.91. The van der Waals surface area contributed by atoms with Crippen molar-refractivity contribution in [2.24, 2.45) is 16.3 Å². The fourth-order valence-corrected chi connectivity index (χ4v) is 2.49. The van der Waals surface area contributed by atoms with Gasteiger partial charge < -0.3 is 16.3 Å². The molecule has 0 aromatic heterocycles. The number of amidine groups is 1. The van der Waals surface area contributed by atoms with Gasteiger partial charge in [0.1, 0.15) is 5.84 Å². The van der Waals surface area contributed by atoms with E-state index in [9.17, 15) is 0 Å². The minimum absolute atomic E-state index is 0.186. The molecule has 0 saturated heterocycles. The Morgan fingerprint density at radius 1 is 1.56 bits per heavy atom. The maximum Gasteiger partial charge on any atom is 0.139 e.